The first-order valence-electron chi connectivity index (χ1n) is 8.87. The molecule has 3 rings (SSSR count). The van der Waals surface area contributed by atoms with E-state index in [4.69, 9.17) is 14.2 Å². The van der Waals surface area contributed by atoms with Gasteiger partial charge in [-0.05, 0) is 43.2 Å². The highest BCUT2D eigenvalue weighted by atomic mass is 32.1. The number of benzene rings is 2. The molecule has 0 atom stereocenters. The lowest BCUT2D eigenvalue weighted by Gasteiger charge is -2.09. The van der Waals surface area contributed by atoms with Crippen LogP contribution in [-0.2, 0) is 16.1 Å². The van der Waals surface area contributed by atoms with E-state index in [2.05, 4.69) is 11.1 Å². The molecule has 2 aromatic carbocycles. The summed E-state index contributed by atoms with van der Waals surface area (Å²) in [6.07, 6.45) is 0. The lowest BCUT2D eigenvalue weighted by Crippen LogP contribution is -2.22. The van der Waals surface area contributed by atoms with Crippen molar-refractivity contribution in [3.8, 4) is 11.5 Å². The Kier molecular flexibility index (Phi) is 6.03. The predicted molar refractivity (Wildman–Crippen MR) is 111 cm³/mol. The van der Waals surface area contributed by atoms with Gasteiger partial charge in [0.15, 0.2) is 4.80 Å². The first-order chi connectivity index (χ1) is 13.9. The second kappa shape index (κ2) is 8.48. The number of carbonyl (C=O) groups excluding carboxylic acids is 2. The zero-order valence-corrected chi connectivity index (χ0v) is 17.8. The van der Waals surface area contributed by atoms with Crippen LogP contribution in [0.4, 0.5) is 0 Å². The Morgan fingerprint density at radius 1 is 1.07 bits per heavy atom. The smallest absolute Gasteiger partial charge is 0.325 e. The average molecular weight is 414 g/mol. The fourth-order valence-electron chi connectivity index (χ4n) is 3.15. The molecular weight excluding hydrogens is 392 g/mol. The van der Waals surface area contributed by atoms with Crippen molar-refractivity contribution in [2.45, 2.75) is 20.4 Å². The number of ether oxygens (including phenoxy) is 3. The van der Waals surface area contributed by atoms with Crippen LogP contribution in [0, 0.1) is 13.8 Å². The topological polar surface area (TPSA) is 79.1 Å². The third-order valence-electron chi connectivity index (χ3n) is 4.47. The second-order valence-corrected chi connectivity index (χ2v) is 7.41. The van der Waals surface area contributed by atoms with Gasteiger partial charge in [0, 0.05) is 0 Å². The van der Waals surface area contributed by atoms with Crippen molar-refractivity contribution in [2.75, 3.05) is 21.3 Å². The zero-order chi connectivity index (χ0) is 21.1. The van der Waals surface area contributed by atoms with Crippen LogP contribution >= 0.6 is 11.3 Å². The molecule has 0 aliphatic heterocycles. The SMILES string of the molecule is COC(=O)Cn1c(=NC(=O)c2c(OC)cccc2OC)sc2c(C)cc(C)cc21. The fourth-order valence-corrected chi connectivity index (χ4v) is 4.23. The molecule has 0 spiro atoms. The molecule has 7 nitrogen and oxygen atoms in total. The molecule has 0 bridgehead atoms. The molecule has 29 heavy (non-hydrogen) atoms. The van der Waals surface area contributed by atoms with E-state index in [1.807, 2.05) is 19.9 Å². The van der Waals surface area contributed by atoms with Crippen molar-refractivity contribution >= 4 is 33.4 Å². The van der Waals surface area contributed by atoms with Gasteiger partial charge >= 0.3 is 5.97 Å². The number of methoxy groups -OCH3 is 3. The first kappa shape index (κ1) is 20.6. The quantitative estimate of drug-likeness (QED) is 0.599. The van der Waals surface area contributed by atoms with E-state index in [0.717, 1.165) is 21.3 Å². The van der Waals surface area contributed by atoms with Crippen LogP contribution in [0.5, 0.6) is 11.5 Å². The molecule has 0 unspecified atom stereocenters. The molecule has 0 fully saturated rings. The molecule has 0 aliphatic carbocycles. The van der Waals surface area contributed by atoms with Gasteiger partial charge in [-0.2, -0.15) is 4.99 Å². The van der Waals surface area contributed by atoms with E-state index in [0.29, 0.717) is 16.3 Å². The lowest BCUT2D eigenvalue weighted by atomic mass is 10.1. The van der Waals surface area contributed by atoms with Crippen molar-refractivity contribution in [3.63, 3.8) is 0 Å². The number of hydrogen-bond donors (Lipinski definition) is 0. The van der Waals surface area contributed by atoms with Crippen LogP contribution in [0.1, 0.15) is 21.5 Å². The summed E-state index contributed by atoms with van der Waals surface area (Å²) in [7, 11) is 4.29. The number of aryl methyl sites for hydroxylation is 2. The summed E-state index contributed by atoms with van der Waals surface area (Å²) in [5.74, 6) is -0.206. The van der Waals surface area contributed by atoms with Crippen molar-refractivity contribution in [2.24, 2.45) is 4.99 Å². The number of thiazole rings is 1. The monoisotopic (exact) mass is 414 g/mol. The van der Waals surface area contributed by atoms with Crippen LogP contribution in [0.15, 0.2) is 35.3 Å². The Hall–Kier alpha value is -3.13. The third kappa shape index (κ3) is 4.02. The van der Waals surface area contributed by atoms with Gasteiger partial charge in [-0.1, -0.05) is 23.5 Å². The second-order valence-electron chi connectivity index (χ2n) is 6.43. The summed E-state index contributed by atoms with van der Waals surface area (Å²) >= 11 is 1.35. The summed E-state index contributed by atoms with van der Waals surface area (Å²) in [6, 6.07) is 9.10. The van der Waals surface area contributed by atoms with Gasteiger partial charge in [0.25, 0.3) is 5.91 Å². The standard InChI is InChI=1S/C21H22N2O5S/c1-12-9-13(2)19-14(10-12)23(11-17(24)28-5)21(29-19)22-20(25)18-15(26-3)7-6-8-16(18)27-4/h6-10H,11H2,1-5H3. The minimum Gasteiger partial charge on any atom is -0.496 e. The molecule has 0 aliphatic rings. The van der Waals surface area contributed by atoms with E-state index in [9.17, 15) is 9.59 Å². The minimum absolute atomic E-state index is 0.0471. The van der Waals surface area contributed by atoms with Gasteiger partial charge in [-0.15, -0.1) is 0 Å². The summed E-state index contributed by atoms with van der Waals surface area (Å²) in [5.41, 5.74) is 3.16. The molecule has 152 valence electrons. The van der Waals surface area contributed by atoms with E-state index in [1.54, 1.807) is 22.8 Å². The highest BCUT2D eigenvalue weighted by Gasteiger charge is 2.19. The molecule has 1 amide bonds. The van der Waals surface area contributed by atoms with Gasteiger partial charge in [-0.3, -0.25) is 9.59 Å². The maximum atomic E-state index is 13.1. The molecule has 0 saturated carbocycles. The maximum Gasteiger partial charge on any atom is 0.325 e. The van der Waals surface area contributed by atoms with Gasteiger partial charge in [-0.25, -0.2) is 0 Å². The third-order valence-corrected chi connectivity index (χ3v) is 5.70. The number of carbonyl (C=O) groups is 2. The molecule has 3 aromatic rings. The van der Waals surface area contributed by atoms with Crippen LogP contribution < -0.4 is 14.3 Å². The summed E-state index contributed by atoms with van der Waals surface area (Å²) < 4.78 is 18.1. The van der Waals surface area contributed by atoms with Crippen molar-refractivity contribution in [1.29, 1.82) is 0 Å². The van der Waals surface area contributed by atoms with Crippen LogP contribution in [0.25, 0.3) is 10.2 Å². The Bertz CT molecular complexity index is 1140. The Labute approximate surface area is 172 Å². The van der Waals surface area contributed by atoms with E-state index < -0.39 is 11.9 Å². The first-order valence-corrected chi connectivity index (χ1v) is 9.68. The van der Waals surface area contributed by atoms with Crippen LogP contribution in [0.3, 0.4) is 0 Å². The van der Waals surface area contributed by atoms with Crippen LogP contribution in [0.2, 0.25) is 0 Å². The molecule has 0 saturated heterocycles. The number of rotatable bonds is 5. The predicted octanol–water partition coefficient (Wildman–Crippen LogP) is 3.25. The molecule has 8 heteroatoms. The number of aromatic nitrogens is 1. The van der Waals surface area contributed by atoms with Gasteiger partial charge < -0.3 is 18.8 Å². The van der Waals surface area contributed by atoms with Crippen LogP contribution in [-0.4, -0.2) is 37.8 Å². The number of esters is 1. The van der Waals surface area contributed by atoms with Gasteiger partial charge in [0.1, 0.15) is 23.6 Å². The molecule has 0 N–H and O–H groups in total. The zero-order valence-electron chi connectivity index (χ0n) is 16.9. The molecule has 1 aromatic heterocycles. The van der Waals surface area contributed by atoms with E-state index >= 15 is 0 Å². The Morgan fingerprint density at radius 2 is 1.72 bits per heavy atom. The minimum atomic E-state index is -0.515. The van der Waals surface area contributed by atoms with Gasteiger partial charge in [0.05, 0.1) is 31.5 Å². The van der Waals surface area contributed by atoms with Crippen molar-refractivity contribution in [1.82, 2.24) is 4.57 Å². The summed E-state index contributed by atoms with van der Waals surface area (Å²) in [6.45, 7) is 3.92. The number of fused-ring (bicyclic) bond motifs is 1. The number of hydrogen-bond acceptors (Lipinski definition) is 6. The lowest BCUT2D eigenvalue weighted by molar-refractivity contribution is -0.141. The average Bonchev–Trinajstić information content (AvgIpc) is 3.04. The highest BCUT2D eigenvalue weighted by molar-refractivity contribution is 7.16. The van der Waals surface area contributed by atoms with Crippen molar-refractivity contribution < 1.29 is 23.8 Å². The van der Waals surface area contributed by atoms with E-state index in [1.165, 1.54) is 32.7 Å². The maximum absolute atomic E-state index is 13.1. The number of nitrogens with zero attached hydrogens (tertiary/aromatic N) is 2. The Balaban J connectivity index is 2.25. The number of amides is 1. The largest absolute Gasteiger partial charge is 0.496 e. The van der Waals surface area contributed by atoms with Gasteiger partial charge in [0.2, 0.25) is 0 Å². The Morgan fingerprint density at radius 3 is 2.31 bits per heavy atom. The normalized spacial score (nSPS) is 11.6. The highest BCUT2D eigenvalue weighted by Crippen LogP contribution is 2.29. The van der Waals surface area contributed by atoms with E-state index in [-0.39, 0.29) is 12.1 Å². The molecule has 1 heterocycles. The summed E-state index contributed by atoms with van der Waals surface area (Å²) in [4.78, 5) is 29.8. The molecule has 0 radical (unpaired) electrons. The molecular formula is C21H22N2O5S. The van der Waals surface area contributed by atoms with Crippen molar-refractivity contribution in [3.05, 3.63) is 51.8 Å². The fraction of sp³-hybridized carbons (Fsp3) is 0.286. The summed E-state index contributed by atoms with van der Waals surface area (Å²) in [5, 5.41) is 0.